The number of anilines is 2. The minimum Gasteiger partial charge on any atom is -0.495 e. The lowest BCUT2D eigenvalue weighted by Crippen LogP contribution is -2.42. The average molecular weight is 350 g/mol. The highest BCUT2D eigenvalue weighted by molar-refractivity contribution is 6.18. The van der Waals surface area contributed by atoms with Gasteiger partial charge in [-0.25, -0.2) is 0 Å². The zero-order valence-corrected chi connectivity index (χ0v) is 15.0. The quantitative estimate of drug-likeness (QED) is 0.861. The van der Waals surface area contributed by atoms with Gasteiger partial charge in [-0.15, -0.1) is 0 Å². The summed E-state index contributed by atoms with van der Waals surface area (Å²) in [5.74, 6) is 0.265. The number of para-hydroxylation sites is 1. The third kappa shape index (κ3) is 2.64. The molecule has 0 radical (unpaired) electrons. The van der Waals surface area contributed by atoms with Gasteiger partial charge in [0.1, 0.15) is 11.2 Å². The molecule has 0 aromatic heterocycles. The van der Waals surface area contributed by atoms with Gasteiger partial charge in [-0.05, 0) is 55.5 Å². The molecule has 1 heterocycles. The van der Waals surface area contributed by atoms with Gasteiger partial charge < -0.3 is 15.0 Å². The van der Waals surface area contributed by atoms with Crippen LogP contribution < -0.4 is 15.0 Å². The molecule has 1 fully saturated rings. The second-order valence-electron chi connectivity index (χ2n) is 7.08. The number of carbonyl (C=O) groups is 2. The number of amides is 2. The average Bonchev–Trinajstić information content (AvgIpc) is 3.35. The van der Waals surface area contributed by atoms with Crippen molar-refractivity contribution < 1.29 is 14.3 Å². The molecule has 5 nitrogen and oxygen atoms in total. The summed E-state index contributed by atoms with van der Waals surface area (Å²) in [6, 6.07) is 13.5. The predicted octanol–water partition coefficient (Wildman–Crippen LogP) is 3.31. The number of hydrogen-bond acceptors (Lipinski definition) is 3. The van der Waals surface area contributed by atoms with Crippen LogP contribution in [0.1, 0.15) is 24.0 Å². The van der Waals surface area contributed by atoms with Crippen molar-refractivity contribution in [3.8, 4) is 5.75 Å². The van der Waals surface area contributed by atoms with E-state index in [1.807, 2.05) is 49.4 Å². The molecule has 1 N–H and O–H groups in total. The summed E-state index contributed by atoms with van der Waals surface area (Å²) >= 11 is 0. The second-order valence-corrected chi connectivity index (χ2v) is 7.08. The molecule has 1 saturated carbocycles. The van der Waals surface area contributed by atoms with Crippen LogP contribution in [0.2, 0.25) is 0 Å². The van der Waals surface area contributed by atoms with Crippen LogP contribution in [0.4, 0.5) is 11.4 Å². The van der Waals surface area contributed by atoms with Gasteiger partial charge in [-0.3, -0.25) is 9.59 Å². The molecule has 26 heavy (non-hydrogen) atoms. The van der Waals surface area contributed by atoms with Crippen LogP contribution >= 0.6 is 0 Å². The minimum atomic E-state index is -0.952. The molecule has 0 bridgehead atoms. The van der Waals surface area contributed by atoms with Gasteiger partial charge in [0.05, 0.1) is 12.8 Å². The molecule has 134 valence electrons. The van der Waals surface area contributed by atoms with E-state index in [1.165, 1.54) is 0 Å². The molecule has 1 aliphatic heterocycles. The Kier molecular flexibility index (Phi) is 3.94. The van der Waals surface area contributed by atoms with Gasteiger partial charge in [0.2, 0.25) is 11.8 Å². The van der Waals surface area contributed by atoms with Crippen LogP contribution in [0.15, 0.2) is 42.5 Å². The Morgan fingerprint density at radius 3 is 2.65 bits per heavy atom. The van der Waals surface area contributed by atoms with E-state index in [1.54, 1.807) is 12.0 Å². The van der Waals surface area contributed by atoms with E-state index >= 15 is 0 Å². The zero-order valence-electron chi connectivity index (χ0n) is 15.0. The van der Waals surface area contributed by atoms with Gasteiger partial charge in [0.25, 0.3) is 0 Å². The highest BCUT2D eigenvalue weighted by atomic mass is 16.5. The van der Waals surface area contributed by atoms with Crippen molar-refractivity contribution in [2.75, 3.05) is 23.9 Å². The summed E-state index contributed by atoms with van der Waals surface area (Å²) in [7, 11) is 1.57. The number of nitrogens with one attached hydrogen (secondary N) is 1. The first-order valence-electron chi connectivity index (χ1n) is 8.91. The molecule has 5 heteroatoms. The molecule has 2 aromatic rings. The molecule has 0 spiro atoms. The maximum absolute atomic E-state index is 13.2. The first kappa shape index (κ1) is 16.6. The van der Waals surface area contributed by atoms with Crippen molar-refractivity contribution in [1.29, 1.82) is 0 Å². The summed E-state index contributed by atoms with van der Waals surface area (Å²) in [4.78, 5) is 27.9. The number of methoxy groups -OCH3 is 1. The molecule has 2 aromatic carbocycles. The van der Waals surface area contributed by atoms with Crippen LogP contribution in [0.3, 0.4) is 0 Å². The van der Waals surface area contributed by atoms with Crippen molar-refractivity contribution in [3.63, 3.8) is 0 Å². The van der Waals surface area contributed by atoms with Crippen molar-refractivity contribution >= 4 is 23.2 Å². The molecule has 4 rings (SSSR count). The Balaban J connectivity index is 1.57. The molecule has 2 amide bonds. The summed E-state index contributed by atoms with van der Waals surface area (Å²) in [6.45, 7) is 2.59. The number of ether oxygens (including phenoxy) is 1. The minimum absolute atomic E-state index is 0.0911. The first-order valence-corrected chi connectivity index (χ1v) is 8.91. The van der Waals surface area contributed by atoms with E-state index in [4.69, 9.17) is 4.74 Å². The van der Waals surface area contributed by atoms with Gasteiger partial charge >= 0.3 is 0 Å². The monoisotopic (exact) mass is 350 g/mol. The predicted molar refractivity (Wildman–Crippen MR) is 101 cm³/mol. The summed E-state index contributed by atoms with van der Waals surface area (Å²) in [5.41, 5.74) is 2.78. The number of nitrogens with zero attached hydrogens (tertiary/aromatic N) is 1. The fourth-order valence-electron chi connectivity index (χ4n) is 3.63. The van der Waals surface area contributed by atoms with Gasteiger partial charge in [-0.1, -0.05) is 24.3 Å². The molecular formula is C21H22N2O3. The fraction of sp³-hybridized carbons (Fsp3) is 0.333. The Morgan fingerprint density at radius 1 is 1.15 bits per heavy atom. The zero-order chi connectivity index (χ0) is 18.3. The molecule has 2 aliphatic rings. The second kappa shape index (κ2) is 6.16. The highest BCUT2D eigenvalue weighted by Crippen LogP contribution is 2.50. The third-order valence-corrected chi connectivity index (χ3v) is 5.33. The van der Waals surface area contributed by atoms with E-state index < -0.39 is 5.41 Å². The Labute approximate surface area is 153 Å². The van der Waals surface area contributed by atoms with Crippen LogP contribution in [-0.4, -0.2) is 25.5 Å². The van der Waals surface area contributed by atoms with E-state index in [0.717, 1.165) is 23.2 Å². The normalized spacial score (nSPS) is 16.8. The number of aryl methyl sites for hydroxylation is 1. The van der Waals surface area contributed by atoms with Gasteiger partial charge in [0.15, 0.2) is 0 Å². The Bertz CT molecular complexity index is 887. The van der Waals surface area contributed by atoms with Gasteiger partial charge in [-0.2, -0.15) is 0 Å². The van der Waals surface area contributed by atoms with Crippen molar-refractivity contribution in [2.24, 2.45) is 5.41 Å². The summed E-state index contributed by atoms with van der Waals surface area (Å²) in [5, 5.41) is 2.92. The number of hydrogen-bond donors (Lipinski definition) is 1. The Hall–Kier alpha value is -2.82. The molecule has 0 atom stereocenters. The SMILES string of the molecule is COc1ccc(C)cc1NC(=O)C1(C(=O)N2CCc3ccccc32)CC1. The largest absolute Gasteiger partial charge is 0.495 e. The standard InChI is InChI=1S/C21H22N2O3/c1-14-7-8-18(26-2)16(13-14)22-19(24)21(10-11-21)20(25)23-12-9-15-5-3-4-6-17(15)23/h3-8,13H,9-12H2,1-2H3,(H,22,24). The van der Waals surface area contributed by atoms with E-state index in [-0.39, 0.29) is 11.8 Å². The number of rotatable bonds is 4. The lowest BCUT2D eigenvalue weighted by molar-refractivity contribution is -0.132. The molecule has 0 saturated heterocycles. The van der Waals surface area contributed by atoms with Crippen molar-refractivity contribution in [3.05, 3.63) is 53.6 Å². The van der Waals surface area contributed by atoms with Crippen LogP contribution in [0.5, 0.6) is 5.75 Å². The fourth-order valence-corrected chi connectivity index (χ4v) is 3.63. The maximum atomic E-state index is 13.2. The topological polar surface area (TPSA) is 58.6 Å². The maximum Gasteiger partial charge on any atom is 0.242 e. The van der Waals surface area contributed by atoms with Gasteiger partial charge in [0, 0.05) is 12.2 Å². The van der Waals surface area contributed by atoms with E-state index in [0.29, 0.717) is 30.8 Å². The molecule has 1 aliphatic carbocycles. The first-order chi connectivity index (χ1) is 12.5. The van der Waals surface area contributed by atoms with Crippen molar-refractivity contribution in [2.45, 2.75) is 26.2 Å². The smallest absolute Gasteiger partial charge is 0.242 e. The van der Waals surface area contributed by atoms with E-state index in [2.05, 4.69) is 5.32 Å². The van der Waals surface area contributed by atoms with Crippen LogP contribution in [-0.2, 0) is 16.0 Å². The van der Waals surface area contributed by atoms with Crippen LogP contribution in [0.25, 0.3) is 0 Å². The number of carbonyl (C=O) groups excluding carboxylic acids is 2. The van der Waals surface area contributed by atoms with E-state index in [9.17, 15) is 9.59 Å². The highest BCUT2D eigenvalue weighted by Gasteiger charge is 2.58. The van der Waals surface area contributed by atoms with Crippen LogP contribution in [0, 0.1) is 12.3 Å². The molecule has 0 unspecified atom stereocenters. The lowest BCUT2D eigenvalue weighted by Gasteiger charge is -2.23. The summed E-state index contributed by atoms with van der Waals surface area (Å²) < 4.78 is 5.33. The third-order valence-electron chi connectivity index (χ3n) is 5.33. The lowest BCUT2D eigenvalue weighted by atomic mass is 10.0. The number of benzene rings is 2. The molecular weight excluding hydrogens is 328 g/mol. The number of fused-ring (bicyclic) bond motifs is 1. The summed E-state index contributed by atoms with van der Waals surface area (Å²) in [6.07, 6.45) is 2.01. The van der Waals surface area contributed by atoms with Crippen molar-refractivity contribution in [1.82, 2.24) is 0 Å². The Morgan fingerprint density at radius 2 is 1.92 bits per heavy atom.